The lowest BCUT2D eigenvalue weighted by Gasteiger charge is -2.33. The van der Waals surface area contributed by atoms with Crippen LogP contribution in [-0.2, 0) is 11.2 Å². The third-order valence-electron chi connectivity index (χ3n) is 4.87. The van der Waals surface area contributed by atoms with Crippen LogP contribution in [0.15, 0.2) is 30.3 Å². The molecule has 22 heavy (non-hydrogen) atoms. The van der Waals surface area contributed by atoms with Crippen molar-refractivity contribution in [1.29, 1.82) is 0 Å². The van der Waals surface area contributed by atoms with Gasteiger partial charge in [0.15, 0.2) is 0 Å². The second-order valence-corrected chi connectivity index (χ2v) is 7.27. The van der Waals surface area contributed by atoms with Crippen LogP contribution in [-0.4, -0.2) is 25.0 Å². The van der Waals surface area contributed by atoms with Gasteiger partial charge < -0.3 is 10.6 Å². The third kappa shape index (κ3) is 4.84. The Balaban J connectivity index is 1.79. The van der Waals surface area contributed by atoms with E-state index in [1.165, 1.54) is 5.56 Å². The van der Waals surface area contributed by atoms with Gasteiger partial charge in [-0.15, -0.1) is 0 Å². The molecule has 0 bridgehead atoms. The first-order chi connectivity index (χ1) is 10.5. The molecule has 1 aromatic rings. The number of nitrogens with one attached hydrogen (secondary N) is 2. The zero-order chi connectivity index (χ0) is 16.0. The molecule has 0 radical (unpaired) electrons. The molecule has 2 N–H and O–H groups in total. The molecule has 2 unspecified atom stereocenters. The lowest BCUT2D eigenvalue weighted by atomic mass is 9.84. The molecule has 3 heteroatoms. The van der Waals surface area contributed by atoms with Gasteiger partial charge in [-0.1, -0.05) is 51.1 Å². The maximum atomic E-state index is 12.6. The van der Waals surface area contributed by atoms with Crippen molar-refractivity contribution >= 4 is 5.91 Å². The van der Waals surface area contributed by atoms with E-state index in [4.69, 9.17) is 0 Å². The van der Waals surface area contributed by atoms with Crippen molar-refractivity contribution in [2.75, 3.05) is 13.1 Å². The number of rotatable bonds is 6. The predicted molar refractivity (Wildman–Crippen MR) is 91.7 cm³/mol. The monoisotopic (exact) mass is 302 g/mol. The number of carbonyl (C=O) groups excluding carboxylic acids is 1. The van der Waals surface area contributed by atoms with E-state index in [2.05, 4.69) is 55.7 Å². The molecule has 1 aliphatic rings. The summed E-state index contributed by atoms with van der Waals surface area (Å²) in [6, 6.07) is 10.8. The van der Waals surface area contributed by atoms with Gasteiger partial charge in [-0.3, -0.25) is 4.79 Å². The van der Waals surface area contributed by atoms with Gasteiger partial charge in [-0.2, -0.15) is 0 Å². The van der Waals surface area contributed by atoms with Crippen molar-refractivity contribution in [2.45, 2.75) is 52.5 Å². The van der Waals surface area contributed by atoms with Crippen molar-refractivity contribution in [3.63, 3.8) is 0 Å². The molecule has 122 valence electrons. The maximum absolute atomic E-state index is 12.6. The molecule has 1 fully saturated rings. The number of piperidine rings is 1. The van der Waals surface area contributed by atoms with Crippen molar-refractivity contribution in [3.8, 4) is 0 Å². The summed E-state index contributed by atoms with van der Waals surface area (Å²) in [6.07, 6.45) is 4.14. The molecule has 3 nitrogen and oxygen atoms in total. The Kier molecular flexibility index (Phi) is 6.01. The minimum atomic E-state index is -0.300. The zero-order valence-corrected chi connectivity index (χ0v) is 14.2. The van der Waals surface area contributed by atoms with Crippen LogP contribution < -0.4 is 10.6 Å². The molecular formula is C19H30N2O. The van der Waals surface area contributed by atoms with E-state index in [-0.39, 0.29) is 17.4 Å². The highest BCUT2D eigenvalue weighted by Gasteiger charge is 2.31. The van der Waals surface area contributed by atoms with Gasteiger partial charge in [-0.05, 0) is 43.7 Å². The van der Waals surface area contributed by atoms with Gasteiger partial charge in [0.05, 0.1) is 0 Å². The molecule has 1 aromatic carbocycles. The molecule has 0 saturated carbocycles. The first kappa shape index (κ1) is 17.0. The number of amides is 1. The summed E-state index contributed by atoms with van der Waals surface area (Å²) in [5, 5.41) is 6.63. The second-order valence-electron chi connectivity index (χ2n) is 7.27. The second kappa shape index (κ2) is 7.77. The summed E-state index contributed by atoms with van der Waals surface area (Å²) in [5.74, 6) is 0.756. The minimum Gasteiger partial charge on any atom is -0.351 e. The van der Waals surface area contributed by atoms with Gasteiger partial charge in [0.2, 0.25) is 5.91 Å². The van der Waals surface area contributed by atoms with Gasteiger partial charge in [-0.25, -0.2) is 0 Å². The Morgan fingerprint density at radius 3 is 2.73 bits per heavy atom. The Labute approximate surface area is 134 Å². The largest absolute Gasteiger partial charge is 0.351 e. The van der Waals surface area contributed by atoms with Crippen LogP contribution in [0.1, 0.15) is 45.6 Å². The van der Waals surface area contributed by atoms with E-state index in [1.54, 1.807) is 0 Å². The van der Waals surface area contributed by atoms with Gasteiger partial charge >= 0.3 is 0 Å². The Hall–Kier alpha value is -1.35. The highest BCUT2D eigenvalue weighted by atomic mass is 16.2. The Morgan fingerprint density at radius 2 is 2.05 bits per heavy atom. The third-order valence-corrected chi connectivity index (χ3v) is 4.87. The quantitative estimate of drug-likeness (QED) is 0.847. The van der Waals surface area contributed by atoms with Crippen LogP contribution in [0.4, 0.5) is 0 Å². The zero-order valence-electron chi connectivity index (χ0n) is 14.2. The summed E-state index contributed by atoms with van der Waals surface area (Å²) < 4.78 is 0. The average molecular weight is 302 g/mol. The lowest BCUT2D eigenvalue weighted by Crippen LogP contribution is -2.53. The van der Waals surface area contributed by atoms with E-state index in [0.717, 1.165) is 38.8 Å². The van der Waals surface area contributed by atoms with Crippen LogP contribution in [0.5, 0.6) is 0 Å². The topological polar surface area (TPSA) is 41.1 Å². The van der Waals surface area contributed by atoms with E-state index in [0.29, 0.717) is 5.92 Å². The summed E-state index contributed by atoms with van der Waals surface area (Å²) in [5.41, 5.74) is 1.05. The van der Waals surface area contributed by atoms with Gasteiger partial charge in [0.1, 0.15) is 0 Å². The smallest absolute Gasteiger partial charge is 0.225 e. The fourth-order valence-electron chi connectivity index (χ4n) is 3.04. The van der Waals surface area contributed by atoms with Crippen LogP contribution in [0.3, 0.4) is 0 Å². The summed E-state index contributed by atoms with van der Waals surface area (Å²) >= 11 is 0. The van der Waals surface area contributed by atoms with Crippen molar-refractivity contribution < 1.29 is 4.79 Å². The van der Waals surface area contributed by atoms with E-state index < -0.39 is 0 Å². The first-order valence-corrected chi connectivity index (χ1v) is 8.54. The lowest BCUT2D eigenvalue weighted by molar-refractivity contribution is -0.131. The SMILES string of the molecule is CC1CCNCC1NC(=O)C(C)(C)CCCc1ccccc1. The Morgan fingerprint density at radius 1 is 1.32 bits per heavy atom. The summed E-state index contributed by atoms with van der Waals surface area (Å²) in [7, 11) is 0. The van der Waals surface area contributed by atoms with Crippen molar-refractivity contribution in [2.24, 2.45) is 11.3 Å². The van der Waals surface area contributed by atoms with E-state index in [1.807, 2.05) is 6.07 Å². The summed E-state index contributed by atoms with van der Waals surface area (Å²) in [6.45, 7) is 8.32. The van der Waals surface area contributed by atoms with E-state index in [9.17, 15) is 4.79 Å². The molecule has 1 heterocycles. The average Bonchev–Trinajstić information content (AvgIpc) is 2.50. The number of carbonyl (C=O) groups is 1. The molecule has 2 atom stereocenters. The molecular weight excluding hydrogens is 272 g/mol. The van der Waals surface area contributed by atoms with Crippen LogP contribution in [0.25, 0.3) is 0 Å². The number of hydrogen-bond acceptors (Lipinski definition) is 2. The number of benzene rings is 1. The number of hydrogen-bond donors (Lipinski definition) is 2. The van der Waals surface area contributed by atoms with Gasteiger partial charge in [0, 0.05) is 18.0 Å². The summed E-state index contributed by atoms with van der Waals surface area (Å²) in [4.78, 5) is 12.6. The standard InChI is InChI=1S/C19H30N2O/c1-15-11-13-20-14-17(15)21-18(22)19(2,3)12-7-10-16-8-5-4-6-9-16/h4-6,8-9,15,17,20H,7,10-14H2,1-3H3,(H,21,22). The van der Waals surface area contributed by atoms with Crippen molar-refractivity contribution in [1.82, 2.24) is 10.6 Å². The van der Waals surface area contributed by atoms with E-state index >= 15 is 0 Å². The molecule has 1 aliphatic heterocycles. The molecule has 1 saturated heterocycles. The molecule has 2 rings (SSSR count). The maximum Gasteiger partial charge on any atom is 0.225 e. The molecule has 0 aliphatic carbocycles. The fourth-order valence-corrected chi connectivity index (χ4v) is 3.04. The van der Waals surface area contributed by atoms with Gasteiger partial charge in [0.25, 0.3) is 0 Å². The highest BCUT2D eigenvalue weighted by Crippen LogP contribution is 2.25. The van der Waals surface area contributed by atoms with Crippen molar-refractivity contribution in [3.05, 3.63) is 35.9 Å². The first-order valence-electron chi connectivity index (χ1n) is 8.54. The Bertz CT molecular complexity index is 470. The van der Waals surface area contributed by atoms with Crippen LogP contribution in [0.2, 0.25) is 0 Å². The normalized spacial score (nSPS) is 22.3. The van der Waals surface area contributed by atoms with Crippen LogP contribution in [0, 0.1) is 11.3 Å². The fraction of sp³-hybridized carbons (Fsp3) is 0.632. The molecule has 0 aromatic heterocycles. The van der Waals surface area contributed by atoms with Crippen LogP contribution >= 0.6 is 0 Å². The molecule has 1 amide bonds. The predicted octanol–water partition coefficient (Wildman–Crippen LogP) is 3.15. The molecule has 0 spiro atoms. The highest BCUT2D eigenvalue weighted by molar-refractivity contribution is 5.82. The minimum absolute atomic E-state index is 0.195. The number of aryl methyl sites for hydroxylation is 1.